The lowest BCUT2D eigenvalue weighted by Gasteiger charge is -2.33. The van der Waals surface area contributed by atoms with Gasteiger partial charge in [-0.05, 0) is 24.8 Å². The maximum Gasteiger partial charge on any atom is 0.233 e. The Hall–Kier alpha value is -2.70. The Morgan fingerprint density at radius 3 is 2.96 bits per heavy atom. The Kier molecular flexibility index (Phi) is 3.99. The Labute approximate surface area is 146 Å². The van der Waals surface area contributed by atoms with E-state index in [1.807, 2.05) is 18.5 Å². The number of nitrogens with two attached hydrogens (primary N) is 1. The number of anilines is 2. The van der Waals surface area contributed by atoms with Crippen LogP contribution in [-0.2, 0) is 0 Å². The van der Waals surface area contributed by atoms with Gasteiger partial charge >= 0.3 is 0 Å². The molecule has 2 N–H and O–H groups in total. The molecule has 7 nitrogen and oxygen atoms in total. The van der Waals surface area contributed by atoms with Crippen molar-refractivity contribution in [2.45, 2.75) is 38.5 Å². The van der Waals surface area contributed by atoms with Gasteiger partial charge in [-0.25, -0.2) is 15.0 Å². The van der Waals surface area contributed by atoms with E-state index in [4.69, 9.17) is 5.73 Å². The first kappa shape index (κ1) is 15.8. The second kappa shape index (κ2) is 6.31. The quantitative estimate of drug-likeness (QED) is 0.791. The summed E-state index contributed by atoms with van der Waals surface area (Å²) < 4.78 is 2.09. The molecular formula is C18H23N7. The molecule has 1 aliphatic rings. The third-order valence-corrected chi connectivity index (χ3v) is 4.82. The van der Waals surface area contributed by atoms with Gasteiger partial charge in [-0.15, -0.1) is 0 Å². The van der Waals surface area contributed by atoms with Crippen LogP contribution in [0.4, 0.5) is 11.8 Å². The van der Waals surface area contributed by atoms with Crippen LogP contribution in [0.2, 0.25) is 0 Å². The molecule has 0 spiro atoms. The van der Waals surface area contributed by atoms with Crippen molar-refractivity contribution in [3.63, 3.8) is 0 Å². The minimum absolute atomic E-state index is 0.328. The summed E-state index contributed by atoms with van der Waals surface area (Å²) in [6.45, 7) is 6.13. The van der Waals surface area contributed by atoms with Crippen LogP contribution in [0, 0.1) is 0 Å². The fourth-order valence-corrected chi connectivity index (χ4v) is 3.50. The number of fused-ring (bicyclic) bond motifs is 1. The van der Waals surface area contributed by atoms with Crippen molar-refractivity contribution in [1.29, 1.82) is 0 Å². The van der Waals surface area contributed by atoms with E-state index >= 15 is 0 Å². The SMILES string of the molecule is CC(C)c1cc(N2CCCC(c3cnc4ncccn34)C2)nc(N)n1. The van der Waals surface area contributed by atoms with Gasteiger partial charge in [0.2, 0.25) is 11.7 Å². The Morgan fingerprint density at radius 1 is 1.24 bits per heavy atom. The van der Waals surface area contributed by atoms with Crippen LogP contribution in [0.3, 0.4) is 0 Å². The van der Waals surface area contributed by atoms with Gasteiger partial charge in [0.15, 0.2) is 0 Å². The van der Waals surface area contributed by atoms with E-state index in [0.29, 0.717) is 17.8 Å². The van der Waals surface area contributed by atoms with E-state index in [9.17, 15) is 0 Å². The van der Waals surface area contributed by atoms with Gasteiger partial charge in [0.05, 0.1) is 11.9 Å². The fourth-order valence-electron chi connectivity index (χ4n) is 3.50. The predicted molar refractivity (Wildman–Crippen MR) is 97.7 cm³/mol. The van der Waals surface area contributed by atoms with Crippen molar-refractivity contribution in [2.24, 2.45) is 0 Å². The molecule has 0 saturated carbocycles. The molecule has 0 amide bonds. The largest absolute Gasteiger partial charge is 0.368 e. The molecule has 1 atom stereocenters. The van der Waals surface area contributed by atoms with Gasteiger partial charge in [0.1, 0.15) is 5.82 Å². The van der Waals surface area contributed by atoms with Crippen molar-refractivity contribution in [2.75, 3.05) is 23.7 Å². The van der Waals surface area contributed by atoms with E-state index in [0.717, 1.165) is 43.2 Å². The molecule has 3 aromatic heterocycles. The normalized spacial score (nSPS) is 18.2. The average molecular weight is 337 g/mol. The molecule has 7 heteroatoms. The van der Waals surface area contributed by atoms with Gasteiger partial charge in [-0.2, -0.15) is 4.98 Å². The zero-order valence-corrected chi connectivity index (χ0v) is 14.6. The van der Waals surface area contributed by atoms with Crippen LogP contribution >= 0.6 is 0 Å². The lowest BCUT2D eigenvalue weighted by Crippen LogP contribution is -2.35. The maximum atomic E-state index is 5.94. The Morgan fingerprint density at radius 2 is 2.12 bits per heavy atom. The molecule has 0 aromatic carbocycles. The molecule has 1 fully saturated rings. The van der Waals surface area contributed by atoms with Gasteiger partial charge in [-0.3, -0.25) is 4.40 Å². The van der Waals surface area contributed by atoms with E-state index < -0.39 is 0 Å². The van der Waals surface area contributed by atoms with Crippen molar-refractivity contribution in [1.82, 2.24) is 24.3 Å². The molecule has 130 valence electrons. The summed E-state index contributed by atoms with van der Waals surface area (Å²) in [6, 6.07) is 4.01. The lowest BCUT2D eigenvalue weighted by atomic mass is 9.95. The van der Waals surface area contributed by atoms with Crippen molar-refractivity contribution in [3.05, 3.63) is 42.1 Å². The summed E-state index contributed by atoms with van der Waals surface area (Å²) in [6.07, 6.45) is 8.00. The second-order valence-corrected chi connectivity index (χ2v) is 6.92. The van der Waals surface area contributed by atoms with E-state index in [-0.39, 0.29) is 0 Å². The molecular weight excluding hydrogens is 314 g/mol. The number of imidazole rings is 1. The topological polar surface area (TPSA) is 85.2 Å². The molecule has 25 heavy (non-hydrogen) atoms. The van der Waals surface area contributed by atoms with Crippen LogP contribution < -0.4 is 10.6 Å². The molecule has 0 bridgehead atoms. The smallest absolute Gasteiger partial charge is 0.233 e. The van der Waals surface area contributed by atoms with Gasteiger partial charge in [-0.1, -0.05) is 13.8 Å². The minimum atomic E-state index is 0.328. The van der Waals surface area contributed by atoms with Crippen molar-refractivity contribution >= 4 is 17.5 Å². The van der Waals surface area contributed by atoms with Crippen LogP contribution in [-0.4, -0.2) is 37.4 Å². The molecule has 0 radical (unpaired) electrons. The number of hydrogen-bond acceptors (Lipinski definition) is 6. The summed E-state index contributed by atoms with van der Waals surface area (Å²) in [5.74, 6) is 2.75. The summed E-state index contributed by atoms with van der Waals surface area (Å²) in [4.78, 5) is 19.9. The first-order valence-corrected chi connectivity index (χ1v) is 8.79. The van der Waals surface area contributed by atoms with Crippen LogP contribution in [0.25, 0.3) is 5.78 Å². The molecule has 3 aromatic rings. The van der Waals surface area contributed by atoms with Crippen LogP contribution in [0.5, 0.6) is 0 Å². The minimum Gasteiger partial charge on any atom is -0.368 e. The monoisotopic (exact) mass is 337 g/mol. The first-order chi connectivity index (χ1) is 12.1. The highest BCUT2D eigenvalue weighted by molar-refractivity contribution is 5.45. The predicted octanol–water partition coefficient (Wildman–Crippen LogP) is 2.61. The van der Waals surface area contributed by atoms with E-state index in [1.165, 1.54) is 5.69 Å². The third kappa shape index (κ3) is 3.01. The molecule has 4 heterocycles. The van der Waals surface area contributed by atoms with E-state index in [1.54, 1.807) is 6.20 Å². The molecule has 4 rings (SSSR count). The highest BCUT2D eigenvalue weighted by Gasteiger charge is 2.25. The van der Waals surface area contributed by atoms with Gasteiger partial charge < -0.3 is 10.6 Å². The average Bonchev–Trinajstić information content (AvgIpc) is 3.05. The fraction of sp³-hybridized carbons (Fsp3) is 0.444. The number of piperidine rings is 1. The second-order valence-electron chi connectivity index (χ2n) is 6.92. The maximum absolute atomic E-state index is 5.94. The van der Waals surface area contributed by atoms with Crippen molar-refractivity contribution in [3.8, 4) is 0 Å². The zero-order chi connectivity index (χ0) is 17.4. The molecule has 1 aliphatic heterocycles. The standard InChI is InChI=1S/C18H23N7/c1-12(2)14-9-16(23-17(19)22-14)24-7-3-5-13(11-24)15-10-21-18-20-6-4-8-25(15)18/h4,6,8-10,12-13H,3,5,7,11H2,1-2H3,(H2,19,22,23). The van der Waals surface area contributed by atoms with Crippen LogP contribution in [0.1, 0.15) is 49.9 Å². The summed E-state index contributed by atoms with van der Waals surface area (Å²) in [7, 11) is 0. The van der Waals surface area contributed by atoms with Crippen LogP contribution in [0.15, 0.2) is 30.7 Å². The number of nitrogens with zero attached hydrogens (tertiary/aromatic N) is 6. The van der Waals surface area contributed by atoms with E-state index in [2.05, 4.69) is 49.2 Å². The Bertz CT molecular complexity index is 886. The number of nitrogen functional groups attached to an aromatic ring is 1. The Balaban J connectivity index is 1.63. The number of rotatable bonds is 3. The summed E-state index contributed by atoms with van der Waals surface area (Å²) >= 11 is 0. The van der Waals surface area contributed by atoms with Crippen molar-refractivity contribution < 1.29 is 0 Å². The third-order valence-electron chi connectivity index (χ3n) is 4.82. The number of aromatic nitrogens is 5. The molecule has 1 unspecified atom stereocenters. The highest BCUT2D eigenvalue weighted by atomic mass is 15.2. The molecule has 0 aliphatic carbocycles. The van der Waals surface area contributed by atoms with Gasteiger partial charge in [0, 0.05) is 43.2 Å². The number of hydrogen-bond donors (Lipinski definition) is 1. The summed E-state index contributed by atoms with van der Waals surface area (Å²) in [5.41, 5.74) is 8.13. The summed E-state index contributed by atoms with van der Waals surface area (Å²) in [5, 5.41) is 0. The molecule has 1 saturated heterocycles. The first-order valence-electron chi connectivity index (χ1n) is 8.79. The highest BCUT2D eigenvalue weighted by Crippen LogP contribution is 2.30. The zero-order valence-electron chi connectivity index (χ0n) is 14.6. The lowest BCUT2D eigenvalue weighted by molar-refractivity contribution is 0.496. The van der Waals surface area contributed by atoms with Gasteiger partial charge in [0.25, 0.3) is 0 Å².